The van der Waals surface area contributed by atoms with Gasteiger partial charge in [0.15, 0.2) is 0 Å². The Balaban J connectivity index is 2.19. The molecule has 1 aliphatic heterocycles. The fourth-order valence-corrected chi connectivity index (χ4v) is 3.85. The van der Waals surface area contributed by atoms with Crippen LogP contribution in [-0.2, 0) is 20.8 Å². The van der Waals surface area contributed by atoms with Gasteiger partial charge >= 0.3 is 5.97 Å². The largest absolute Gasteiger partial charge is 0.507 e. The molecule has 2 aromatic carbocycles. The van der Waals surface area contributed by atoms with Crippen LogP contribution in [0.5, 0.6) is 11.5 Å². The van der Waals surface area contributed by atoms with Crippen LogP contribution in [0.3, 0.4) is 0 Å². The van der Waals surface area contributed by atoms with Crippen LogP contribution in [0.4, 0.5) is 0 Å². The van der Waals surface area contributed by atoms with Gasteiger partial charge in [0.25, 0.3) is 0 Å². The molecule has 0 unspecified atom stereocenters. The van der Waals surface area contributed by atoms with E-state index in [1.165, 1.54) is 12.1 Å². The maximum absolute atomic E-state index is 12.9. The predicted molar refractivity (Wildman–Crippen MR) is 110 cm³/mol. The molecule has 0 radical (unpaired) electrons. The Morgan fingerprint density at radius 3 is 2.30 bits per heavy atom. The number of phenolic OH excluding ortho intramolecular Hbond substituents is 2. The van der Waals surface area contributed by atoms with Gasteiger partial charge in [-0.25, -0.2) is 4.79 Å². The highest BCUT2D eigenvalue weighted by molar-refractivity contribution is 5.92. The lowest BCUT2D eigenvalue weighted by molar-refractivity contribution is -0.142. The fourth-order valence-electron chi connectivity index (χ4n) is 3.85. The average molecular weight is 411 g/mol. The summed E-state index contributed by atoms with van der Waals surface area (Å²) in [6.07, 6.45) is 0.470. The number of carboxylic acids is 1. The number of benzene rings is 2. The Morgan fingerprint density at radius 1 is 1.03 bits per heavy atom. The van der Waals surface area contributed by atoms with E-state index in [1.807, 2.05) is 6.92 Å². The van der Waals surface area contributed by atoms with Crippen molar-refractivity contribution < 1.29 is 29.7 Å². The second kappa shape index (κ2) is 8.57. The highest BCUT2D eigenvalue weighted by atomic mass is 16.4. The normalized spacial score (nSPS) is 22.1. The first-order chi connectivity index (χ1) is 14.2. The second-order valence-corrected chi connectivity index (χ2v) is 7.76. The van der Waals surface area contributed by atoms with Gasteiger partial charge in [0.1, 0.15) is 23.3 Å². The molecule has 0 saturated carbocycles. The van der Waals surface area contributed by atoms with Crippen LogP contribution in [0.1, 0.15) is 43.7 Å². The van der Waals surface area contributed by atoms with E-state index in [9.17, 15) is 29.7 Å². The summed E-state index contributed by atoms with van der Waals surface area (Å²) < 4.78 is 0. The molecule has 1 amide bonds. The molecule has 4 bridgehead atoms. The number of hydrogen-bond acceptors (Lipinski definition) is 5. The number of Topliss-reactive ketones (excluding diaryl/α,β-unsaturated/α-hetero) is 1. The van der Waals surface area contributed by atoms with Gasteiger partial charge in [0, 0.05) is 35.8 Å². The van der Waals surface area contributed by atoms with E-state index in [0.29, 0.717) is 28.7 Å². The van der Waals surface area contributed by atoms with Crippen LogP contribution < -0.4 is 5.32 Å². The third kappa shape index (κ3) is 4.30. The standard InChI is InChI=1S/C23H25NO6/c1-3-15-14-5-7-20(26)17(11-14)16-9-13(4-6-19(16)25)10-18(23(29)30)24-22(28)12(2)8-21(15)27/h4-7,9,11-12,15,18,25-26H,3,8,10H2,1-2H3,(H,24,28)(H,29,30)/t12-,15+,18+/m1/s1. The van der Waals surface area contributed by atoms with E-state index < -0.39 is 29.8 Å². The minimum Gasteiger partial charge on any atom is -0.507 e. The first-order valence-electron chi connectivity index (χ1n) is 9.92. The molecule has 3 rings (SSSR count). The van der Waals surface area contributed by atoms with Gasteiger partial charge in [0.05, 0.1) is 0 Å². The summed E-state index contributed by atoms with van der Waals surface area (Å²) in [4.78, 5) is 37.1. The van der Waals surface area contributed by atoms with E-state index in [2.05, 4.69) is 5.32 Å². The molecular formula is C23H25NO6. The van der Waals surface area contributed by atoms with Crippen molar-refractivity contribution in [3.05, 3.63) is 47.5 Å². The average Bonchev–Trinajstić information content (AvgIpc) is 2.69. The molecule has 0 aliphatic carbocycles. The zero-order valence-electron chi connectivity index (χ0n) is 16.9. The molecular weight excluding hydrogens is 386 g/mol. The summed E-state index contributed by atoms with van der Waals surface area (Å²) in [5.41, 5.74) is 1.95. The lowest BCUT2D eigenvalue weighted by Crippen LogP contribution is -2.45. The van der Waals surface area contributed by atoms with E-state index in [0.717, 1.165) is 0 Å². The number of amides is 1. The molecule has 158 valence electrons. The SMILES string of the molecule is CC[C@@H]1C(=O)C[C@@H](C)C(=O)N[C@H](C(=O)O)Cc2ccc(O)c(c2)-c2cc1ccc2O. The summed E-state index contributed by atoms with van der Waals surface area (Å²) in [5.74, 6) is -3.13. The molecule has 4 N–H and O–H groups in total. The van der Waals surface area contributed by atoms with Gasteiger partial charge in [-0.15, -0.1) is 0 Å². The summed E-state index contributed by atoms with van der Waals surface area (Å²) in [6.45, 7) is 3.47. The zero-order valence-corrected chi connectivity index (χ0v) is 16.9. The van der Waals surface area contributed by atoms with Crippen molar-refractivity contribution in [2.24, 2.45) is 5.92 Å². The molecule has 3 atom stereocenters. The Hall–Kier alpha value is -3.35. The van der Waals surface area contributed by atoms with E-state index in [4.69, 9.17) is 0 Å². The molecule has 7 heteroatoms. The van der Waals surface area contributed by atoms with Crippen molar-refractivity contribution in [2.45, 2.75) is 45.1 Å². The van der Waals surface area contributed by atoms with Crippen LogP contribution in [0.25, 0.3) is 11.1 Å². The van der Waals surface area contributed by atoms with Crippen molar-refractivity contribution in [3.8, 4) is 22.6 Å². The molecule has 1 heterocycles. The van der Waals surface area contributed by atoms with E-state index >= 15 is 0 Å². The molecule has 0 fully saturated rings. The predicted octanol–water partition coefficient (Wildman–Crippen LogP) is 2.98. The minimum atomic E-state index is -1.19. The number of hydrogen-bond donors (Lipinski definition) is 4. The summed E-state index contributed by atoms with van der Waals surface area (Å²) in [7, 11) is 0. The highest BCUT2D eigenvalue weighted by Gasteiger charge is 2.28. The van der Waals surface area contributed by atoms with Crippen LogP contribution in [0.15, 0.2) is 36.4 Å². The third-order valence-electron chi connectivity index (χ3n) is 5.58. The molecule has 2 aromatic rings. The summed E-state index contributed by atoms with van der Waals surface area (Å²) >= 11 is 0. The van der Waals surface area contributed by atoms with Gasteiger partial charge in [-0.2, -0.15) is 0 Å². The van der Waals surface area contributed by atoms with Crippen molar-refractivity contribution >= 4 is 17.7 Å². The molecule has 7 nitrogen and oxygen atoms in total. The first-order valence-corrected chi connectivity index (χ1v) is 9.92. The Kier molecular flexibility index (Phi) is 6.10. The fraction of sp³-hybridized carbons (Fsp3) is 0.348. The molecule has 0 aromatic heterocycles. The smallest absolute Gasteiger partial charge is 0.326 e. The molecule has 0 spiro atoms. The van der Waals surface area contributed by atoms with Gasteiger partial charge in [-0.05, 0) is 41.8 Å². The van der Waals surface area contributed by atoms with Gasteiger partial charge < -0.3 is 20.6 Å². The topological polar surface area (TPSA) is 124 Å². The number of carboxylic acid groups (broad SMARTS) is 1. The highest BCUT2D eigenvalue weighted by Crippen LogP contribution is 2.39. The van der Waals surface area contributed by atoms with Crippen LogP contribution in [0, 0.1) is 5.92 Å². The maximum Gasteiger partial charge on any atom is 0.326 e. The van der Waals surface area contributed by atoms with Gasteiger partial charge in [0.2, 0.25) is 5.91 Å². The van der Waals surface area contributed by atoms with Crippen molar-refractivity contribution in [3.63, 3.8) is 0 Å². The minimum absolute atomic E-state index is 0.00689. The Morgan fingerprint density at radius 2 is 1.67 bits per heavy atom. The van der Waals surface area contributed by atoms with E-state index in [1.54, 1.807) is 31.2 Å². The number of ketones is 1. The van der Waals surface area contributed by atoms with Crippen molar-refractivity contribution in [1.82, 2.24) is 5.32 Å². The third-order valence-corrected chi connectivity index (χ3v) is 5.58. The summed E-state index contributed by atoms with van der Waals surface area (Å²) in [5, 5.41) is 32.9. The number of carbonyl (C=O) groups is 3. The number of carbonyl (C=O) groups excluding carboxylic acids is 2. The monoisotopic (exact) mass is 411 g/mol. The molecule has 30 heavy (non-hydrogen) atoms. The number of nitrogens with one attached hydrogen (secondary N) is 1. The number of phenols is 2. The number of aromatic hydroxyl groups is 2. The van der Waals surface area contributed by atoms with Crippen LogP contribution in [0.2, 0.25) is 0 Å². The molecule has 1 aliphatic rings. The lowest BCUT2D eigenvalue weighted by Gasteiger charge is -2.22. The number of aliphatic carboxylic acids is 1. The lowest BCUT2D eigenvalue weighted by atomic mass is 9.85. The van der Waals surface area contributed by atoms with Gasteiger partial charge in [-0.3, -0.25) is 9.59 Å². The Labute approximate surface area is 174 Å². The quantitative estimate of drug-likeness (QED) is 0.602. The van der Waals surface area contributed by atoms with Crippen molar-refractivity contribution in [2.75, 3.05) is 0 Å². The van der Waals surface area contributed by atoms with Crippen LogP contribution >= 0.6 is 0 Å². The Bertz CT molecular complexity index is 999. The number of rotatable bonds is 2. The van der Waals surface area contributed by atoms with E-state index in [-0.39, 0.29) is 30.1 Å². The molecule has 0 saturated heterocycles. The maximum atomic E-state index is 12.9. The van der Waals surface area contributed by atoms with Gasteiger partial charge in [-0.1, -0.05) is 26.0 Å². The first kappa shape index (κ1) is 21.4. The van der Waals surface area contributed by atoms with Crippen LogP contribution in [-0.4, -0.2) is 39.0 Å². The summed E-state index contributed by atoms with van der Waals surface area (Å²) in [6, 6.07) is 8.23. The van der Waals surface area contributed by atoms with Crippen molar-refractivity contribution in [1.29, 1.82) is 0 Å². The number of fused-ring (bicyclic) bond motifs is 5. The zero-order chi connectivity index (χ0) is 22.0. The second-order valence-electron chi connectivity index (χ2n) is 7.76.